The molecule has 0 aromatic carbocycles. The minimum absolute atomic E-state index is 0.136. The van der Waals surface area contributed by atoms with Crippen LogP contribution in [0.25, 0.3) is 0 Å². The van der Waals surface area contributed by atoms with Gasteiger partial charge in [-0.1, -0.05) is 12.8 Å². The molecule has 1 saturated carbocycles. The average Bonchev–Trinajstić information content (AvgIpc) is 3.13. The predicted molar refractivity (Wildman–Crippen MR) is 66.5 cm³/mol. The van der Waals surface area contributed by atoms with Gasteiger partial charge in [0.2, 0.25) is 5.91 Å². The SMILES string of the molecule is CC(CC1CC1)NC(=O)C1(CN)CCOCC1. The Bertz CT molecular complexity index is 271. The first-order chi connectivity index (χ1) is 8.16. The summed E-state index contributed by atoms with van der Waals surface area (Å²) in [5.41, 5.74) is 5.43. The van der Waals surface area contributed by atoms with Crippen molar-refractivity contribution in [2.75, 3.05) is 19.8 Å². The molecule has 2 fully saturated rings. The minimum atomic E-state index is -0.379. The Morgan fingerprint density at radius 3 is 2.65 bits per heavy atom. The van der Waals surface area contributed by atoms with E-state index in [0.29, 0.717) is 19.8 Å². The highest BCUT2D eigenvalue weighted by Gasteiger charge is 2.39. The van der Waals surface area contributed by atoms with Gasteiger partial charge in [-0.15, -0.1) is 0 Å². The third-order valence-corrected chi connectivity index (χ3v) is 4.08. The van der Waals surface area contributed by atoms with Crippen molar-refractivity contribution in [3.8, 4) is 0 Å². The maximum atomic E-state index is 12.3. The Labute approximate surface area is 103 Å². The van der Waals surface area contributed by atoms with Crippen LogP contribution in [0.4, 0.5) is 0 Å². The lowest BCUT2D eigenvalue weighted by Gasteiger charge is -2.35. The largest absolute Gasteiger partial charge is 0.381 e. The van der Waals surface area contributed by atoms with Gasteiger partial charge >= 0.3 is 0 Å². The molecular weight excluding hydrogens is 216 g/mol. The number of carbonyl (C=O) groups excluding carboxylic acids is 1. The molecule has 1 heterocycles. The smallest absolute Gasteiger partial charge is 0.227 e. The fraction of sp³-hybridized carbons (Fsp3) is 0.923. The van der Waals surface area contributed by atoms with Gasteiger partial charge in [-0.05, 0) is 32.1 Å². The Morgan fingerprint density at radius 2 is 2.12 bits per heavy atom. The van der Waals surface area contributed by atoms with E-state index < -0.39 is 0 Å². The van der Waals surface area contributed by atoms with Crippen LogP contribution in [0, 0.1) is 11.3 Å². The van der Waals surface area contributed by atoms with Gasteiger partial charge in [0.05, 0.1) is 5.41 Å². The van der Waals surface area contributed by atoms with Crippen molar-refractivity contribution in [1.82, 2.24) is 5.32 Å². The first-order valence-corrected chi connectivity index (χ1v) is 6.75. The summed E-state index contributed by atoms with van der Waals surface area (Å²) < 4.78 is 5.32. The molecule has 4 nitrogen and oxygen atoms in total. The third kappa shape index (κ3) is 3.19. The van der Waals surface area contributed by atoms with E-state index in [1.807, 2.05) is 0 Å². The van der Waals surface area contributed by atoms with E-state index >= 15 is 0 Å². The zero-order chi connectivity index (χ0) is 12.3. The molecule has 4 heteroatoms. The van der Waals surface area contributed by atoms with Gasteiger partial charge in [-0.2, -0.15) is 0 Å². The minimum Gasteiger partial charge on any atom is -0.381 e. The summed E-state index contributed by atoms with van der Waals surface area (Å²) in [4.78, 5) is 12.3. The second kappa shape index (κ2) is 5.36. The topological polar surface area (TPSA) is 64.4 Å². The summed E-state index contributed by atoms with van der Waals surface area (Å²) in [6.45, 7) is 3.83. The normalized spacial score (nSPS) is 25.3. The number of nitrogens with one attached hydrogen (secondary N) is 1. The first-order valence-electron chi connectivity index (χ1n) is 6.75. The highest BCUT2D eigenvalue weighted by molar-refractivity contribution is 5.83. The maximum absolute atomic E-state index is 12.3. The van der Waals surface area contributed by atoms with Gasteiger partial charge in [-0.3, -0.25) is 4.79 Å². The predicted octanol–water partition coefficient (Wildman–Crippen LogP) is 1.05. The molecule has 2 aliphatic rings. The molecule has 17 heavy (non-hydrogen) atoms. The van der Waals surface area contributed by atoms with Gasteiger partial charge in [0, 0.05) is 25.8 Å². The zero-order valence-corrected chi connectivity index (χ0v) is 10.7. The molecule has 0 radical (unpaired) electrons. The van der Waals surface area contributed by atoms with E-state index in [9.17, 15) is 4.79 Å². The van der Waals surface area contributed by atoms with Crippen LogP contribution in [-0.2, 0) is 9.53 Å². The van der Waals surface area contributed by atoms with Crippen molar-refractivity contribution in [2.24, 2.45) is 17.1 Å². The number of ether oxygens (including phenoxy) is 1. The zero-order valence-electron chi connectivity index (χ0n) is 10.7. The van der Waals surface area contributed by atoms with Gasteiger partial charge < -0.3 is 15.8 Å². The lowest BCUT2D eigenvalue weighted by Crippen LogP contribution is -2.51. The quantitative estimate of drug-likeness (QED) is 0.755. The molecule has 1 unspecified atom stereocenters. The molecular formula is C13H24N2O2. The first kappa shape index (κ1) is 12.8. The number of rotatable bonds is 5. The summed E-state index contributed by atoms with van der Waals surface area (Å²) in [5.74, 6) is 0.977. The summed E-state index contributed by atoms with van der Waals surface area (Å²) in [7, 11) is 0. The molecule has 0 aromatic heterocycles. The molecule has 1 amide bonds. The fourth-order valence-corrected chi connectivity index (χ4v) is 2.58. The van der Waals surface area contributed by atoms with E-state index in [0.717, 1.165) is 25.2 Å². The van der Waals surface area contributed by atoms with Crippen molar-refractivity contribution in [3.63, 3.8) is 0 Å². The molecule has 3 N–H and O–H groups in total. The van der Waals surface area contributed by atoms with Crippen molar-refractivity contribution in [3.05, 3.63) is 0 Å². The molecule has 0 spiro atoms. The number of hydrogen-bond donors (Lipinski definition) is 2. The van der Waals surface area contributed by atoms with Crippen LogP contribution < -0.4 is 11.1 Å². The molecule has 0 aromatic rings. The molecule has 1 saturated heterocycles. The van der Waals surface area contributed by atoms with E-state index in [-0.39, 0.29) is 17.4 Å². The second-order valence-electron chi connectivity index (χ2n) is 5.65. The Balaban J connectivity index is 1.86. The summed E-state index contributed by atoms with van der Waals surface area (Å²) in [5, 5.41) is 3.14. The lowest BCUT2D eigenvalue weighted by atomic mass is 9.79. The van der Waals surface area contributed by atoms with Crippen molar-refractivity contribution < 1.29 is 9.53 Å². The average molecular weight is 240 g/mol. The van der Waals surface area contributed by atoms with Crippen LogP contribution in [0.15, 0.2) is 0 Å². The monoisotopic (exact) mass is 240 g/mol. The molecule has 1 aliphatic heterocycles. The van der Waals surface area contributed by atoms with Crippen molar-refractivity contribution in [1.29, 1.82) is 0 Å². The molecule has 98 valence electrons. The Morgan fingerprint density at radius 1 is 1.47 bits per heavy atom. The molecule has 2 rings (SSSR count). The van der Waals surface area contributed by atoms with Crippen LogP contribution in [0.3, 0.4) is 0 Å². The number of nitrogens with two attached hydrogens (primary N) is 1. The lowest BCUT2D eigenvalue weighted by molar-refractivity contribution is -0.136. The Kier molecular flexibility index (Phi) is 4.05. The number of hydrogen-bond acceptors (Lipinski definition) is 3. The highest BCUT2D eigenvalue weighted by atomic mass is 16.5. The van der Waals surface area contributed by atoms with Crippen LogP contribution in [-0.4, -0.2) is 31.7 Å². The van der Waals surface area contributed by atoms with Gasteiger partial charge in [0.15, 0.2) is 0 Å². The van der Waals surface area contributed by atoms with Crippen LogP contribution >= 0.6 is 0 Å². The van der Waals surface area contributed by atoms with Crippen molar-refractivity contribution in [2.45, 2.75) is 45.1 Å². The molecule has 1 atom stereocenters. The van der Waals surface area contributed by atoms with Gasteiger partial charge in [-0.25, -0.2) is 0 Å². The standard InChI is InChI=1S/C13H24N2O2/c1-10(8-11-2-3-11)15-12(16)13(9-14)4-6-17-7-5-13/h10-11H,2-9,14H2,1H3,(H,15,16). The fourth-order valence-electron chi connectivity index (χ4n) is 2.58. The van der Waals surface area contributed by atoms with Gasteiger partial charge in [0.25, 0.3) is 0 Å². The molecule has 1 aliphatic carbocycles. The van der Waals surface area contributed by atoms with Crippen molar-refractivity contribution >= 4 is 5.91 Å². The van der Waals surface area contributed by atoms with E-state index in [1.165, 1.54) is 12.8 Å². The third-order valence-electron chi connectivity index (χ3n) is 4.08. The molecule has 0 bridgehead atoms. The van der Waals surface area contributed by atoms with Crippen LogP contribution in [0.5, 0.6) is 0 Å². The highest BCUT2D eigenvalue weighted by Crippen LogP contribution is 2.34. The van der Waals surface area contributed by atoms with Crippen LogP contribution in [0.1, 0.15) is 39.0 Å². The number of amides is 1. The summed E-state index contributed by atoms with van der Waals surface area (Å²) in [6.07, 6.45) is 5.28. The summed E-state index contributed by atoms with van der Waals surface area (Å²) in [6, 6.07) is 0.279. The summed E-state index contributed by atoms with van der Waals surface area (Å²) >= 11 is 0. The van der Waals surface area contributed by atoms with Gasteiger partial charge in [0.1, 0.15) is 0 Å². The van der Waals surface area contributed by atoms with Crippen LogP contribution in [0.2, 0.25) is 0 Å². The van der Waals surface area contributed by atoms with E-state index in [1.54, 1.807) is 0 Å². The van der Waals surface area contributed by atoms with E-state index in [4.69, 9.17) is 10.5 Å². The maximum Gasteiger partial charge on any atom is 0.227 e. The second-order valence-corrected chi connectivity index (χ2v) is 5.65. The Hall–Kier alpha value is -0.610. The van der Waals surface area contributed by atoms with E-state index in [2.05, 4.69) is 12.2 Å². The number of carbonyl (C=O) groups is 1.